The number of H-pyrrole nitrogens is 1. The minimum atomic E-state index is -0.264. The summed E-state index contributed by atoms with van der Waals surface area (Å²) in [6.07, 6.45) is 1.51. The molecule has 0 saturated heterocycles. The Hall–Kier alpha value is -2.83. The summed E-state index contributed by atoms with van der Waals surface area (Å²) in [5, 5.41) is 8.00. The lowest BCUT2D eigenvalue weighted by atomic mass is 10.1. The number of carbonyl (C=O) groups is 1. The van der Waals surface area contributed by atoms with Crippen molar-refractivity contribution < 1.29 is 13.9 Å². The molecule has 0 fully saturated rings. The number of ether oxygens (including phenoxy) is 1. The van der Waals surface area contributed by atoms with Crippen LogP contribution in [0.5, 0.6) is 5.88 Å². The van der Waals surface area contributed by atoms with E-state index in [-0.39, 0.29) is 11.7 Å². The highest BCUT2D eigenvalue weighted by Crippen LogP contribution is 2.23. The van der Waals surface area contributed by atoms with E-state index in [0.29, 0.717) is 31.1 Å². The maximum absolute atomic E-state index is 13.5. The average molecular weight is 342 g/mol. The third kappa shape index (κ3) is 2.97. The van der Waals surface area contributed by atoms with Gasteiger partial charge in [0.15, 0.2) is 5.69 Å². The molecule has 1 aromatic carbocycles. The second-order valence-electron chi connectivity index (χ2n) is 6.22. The highest BCUT2D eigenvalue weighted by molar-refractivity contribution is 5.92. The molecule has 4 rings (SSSR count). The van der Waals surface area contributed by atoms with Crippen molar-refractivity contribution in [1.82, 2.24) is 20.1 Å². The largest absolute Gasteiger partial charge is 0.478 e. The first kappa shape index (κ1) is 15.7. The predicted molar refractivity (Wildman–Crippen MR) is 91.4 cm³/mol. The Balaban J connectivity index is 1.44. The van der Waals surface area contributed by atoms with E-state index in [2.05, 4.69) is 15.4 Å². The van der Waals surface area contributed by atoms with E-state index in [1.165, 1.54) is 12.1 Å². The number of amides is 1. The summed E-state index contributed by atoms with van der Waals surface area (Å²) in [5.74, 6) is 0.147. The highest BCUT2D eigenvalue weighted by atomic mass is 19.1. The fraction of sp³-hybridized carbons (Fsp3) is 0.333. The number of fused-ring (bicyclic) bond motifs is 2. The number of aromatic nitrogens is 3. The molecule has 2 N–H and O–H groups in total. The van der Waals surface area contributed by atoms with E-state index in [1.54, 1.807) is 16.8 Å². The first-order chi connectivity index (χ1) is 12.1. The minimum Gasteiger partial charge on any atom is -0.478 e. The molecule has 3 heterocycles. The van der Waals surface area contributed by atoms with Gasteiger partial charge in [-0.2, -0.15) is 5.10 Å². The van der Waals surface area contributed by atoms with Gasteiger partial charge in [-0.15, -0.1) is 0 Å². The summed E-state index contributed by atoms with van der Waals surface area (Å²) in [7, 11) is 0. The van der Waals surface area contributed by atoms with Crippen molar-refractivity contribution in [2.45, 2.75) is 26.3 Å². The van der Waals surface area contributed by atoms with Gasteiger partial charge < -0.3 is 15.0 Å². The molecule has 130 valence electrons. The molecule has 1 aliphatic heterocycles. The number of nitrogens with one attached hydrogen (secondary N) is 2. The van der Waals surface area contributed by atoms with Crippen LogP contribution in [0.25, 0.3) is 10.9 Å². The van der Waals surface area contributed by atoms with Crippen molar-refractivity contribution in [3.63, 3.8) is 0 Å². The Kier molecular flexibility index (Phi) is 3.91. The standard InChI is InChI=1S/C18H19FN4O2/c1-11-13(14-9-12(19)3-4-15(14)21-11)5-6-20-18(24)16-10-17-23(22-16)7-2-8-25-17/h3-4,9-10,21H,2,5-8H2,1H3,(H,20,24). The maximum atomic E-state index is 13.5. The van der Waals surface area contributed by atoms with Crippen LogP contribution in [0.2, 0.25) is 0 Å². The van der Waals surface area contributed by atoms with Gasteiger partial charge in [-0.05, 0) is 37.1 Å². The van der Waals surface area contributed by atoms with Crippen LogP contribution < -0.4 is 10.1 Å². The van der Waals surface area contributed by atoms with Gasteiger partial charge in [-0.25, -0.2) is 9.07 Å². The number of aromatic amines is 1. The Labute approximate surface area is 144 Å². The van der Waals surface area contributed by atoms with Gasteiger partial charge in [-0.1, -0.05) is 0 Å². The Morgan fingerprint density at radius 1 is 1.44 bits per heavy atom. The third-order valence-electron chi connectivity index (χ3n) is 4.48. The van der Waals surface area contributed by atoms with Crippen LogP contribution in [0.3, 0.4) is 0 Å². The predicted octanol–water partition coefficient (Wildman–Crippen LogP) is 2.57. The SMILES string of the molecule is Cc1[nH]c2ccc(F)cc2c1CCNC(=O)c1cc2n(n1)CCCO2. The van der Waals surface area contributed by atoms with Crippen molar-refractivity contribution in [1.29, 1.82) is 0 Å². The lowest BCUT2D eigenvalue weighted by Gasteiger charge is -2.13. The molecule has 0 radical (unpaired) electrons. The van der Waals surface area contributed by atoms with E-state index < -0.39 is 0 Å². The van der Waals surface area contributed by atoms with Gasteiger partial charge in [0, 0.05) is 42.2 Å². The molecule has 6 nitrogen and oxygen atoms in total. The topological polar surface area (TPSA) is 71.9 Å². The first-order valence-electron chi connectivity index (χ1n) is 8.37. The van der Waals surface area contributed by atoms with Crippen molar-refractivity contribution in [2.24, 2.45) is 0 Å². The summed E-state index contributed by atoms with van der Waals surface area (Å²) in [4.78, 5) is 15.5. The molecule has 1 aliphatic rings. The Morgan fingerprint density at radius 2 is 2.32 bits per heavy atom. The van der Waals surface area contributed by atoms with Gasteiger partial charge in [0.2, 0.25) is 5.88 Å². The van der Waals surface area contributed by atoms with Gasteiger partial charge in [0.1, 0.15) is 5.82 Å². The smallest absolute Gasteiger partial charge is 0.271 e. The van der Waals surface area contributed by atoms with E-state index in [1.807, 2.05) is 6.92 Å². The van der Waals surface area contributed by atoms with Gasteiger partial charge in [0.05, 0.1) is 6.61 Å². The third-order valence-corrected chi connectivity index (χ3v) is 4.48. The number of hydrogen-bond acceptors (Lipinski definition) is 3. The molecule has 0 atom stereocenters. The zero-order valence-corrected chi connectivity index (χ0v) is 13.9. The zero-order chi connectivity index (χ0) is 17.4. The molecule has 25 heavy (non-hydrogen) atoms. The van der Waals surface area contributed by atoms with E-state index in [9.17, 15) is 9.18 Å². The van der Waals surface area contributed by atoms with Crippen molar-refractivity contribution in [3.05, 3.63) is 47.0 Å². The first-order valence-corrected chi connectivity index (χ1v) is 8.37. The summed E-state index contributed by atoms with van der Waals surface area (Å²) >= 11 is 0. The second kappa shape index (κ2) is 6.23. The summed E-state index contributed by atoms with van der Waals surface area (Å²) in [6, 6.07) is 6.36. The van der Waals surface area contributed by atoms with Crippen molar-refractivity contribution >= 4 is 16.8 Å². The highest BCUT2D eigenvalue weighted by Gasteiger charge is 2.18. The Morgan fingerprint density at radius 3 is 3.16 bits per heavy atom. The van der Waals surface area contributed by atoms with Crippen LogP contribution in [-0.4, -0.2) is 33.8 Å². The quantitative estimate of drug-likeness (QED) is 0.765. The van der Waals surface area contributed by atoms with Crippen molar-refractivity contribution in [2.75, 3.05) is 13.2 Å². The second-order valence-corrected chi connectivity index (χ2v) is 6.22. The van der Waals surface area contributed by atoms with Crippen LogP contribution in [-0.2, 0) is 13.0 Å². The van der Waals surface area contributed by atoms with Crippen LogP contribution in [0, 0.1) is 12.7 Å². The van der Waals surface area contributed by atoms with Crippen LogP contribution in [0.1, 0.15) is 28.2 Å². The number of hydrogen-bond donors (Lipinski definition) is 2. The number of benzene rings is 1. The number of carbonyl (C=O) groups excluding carboxylic acids is 1. The lowest BCUT2D eigenvalue weighted by Crippen LogP contribution is -2.26. The average Bonchev–Trinajstić information content (AvgIpc) is 3.16. The summed E-state index contributed by atoms with van der Waals surface area (Å²) in [5.41, 5.74) is 3.26. The Bertz CT molecular complexity index is 921. The molecular weight excluding hydrogens is 323 g/mol. The maximum Gasteiger partial charge on any atom is 0.271 e. The molecule has 0 unspecified atom stereocenters. The number of nitrogens with zero attached hydrogens (tertiary/aromatic N) is 2. The molecule has 0 spiro atoms. The zero-order valence-electron chi connectivity index (χ0n) is 13.9. The fourth-order valence-corrected chi connectivity index (χ4v) is 3.25. The van der Waals surface area contributed by atoms with Gasteiger partial charge in [-0.3, -0.25) is 4.79 Å². The molecular formula is C18H19FN4O2. The van der Waals surface area contributed by atoms with E-state index in [4.69, 9.17) is 4.74 Å². The number of rotatable bonds is 4. The van der Waals surface area contributed by atoms with Crippen molar-refractivity contribution in [3.8, 4) is 5.88 Å². The fourth-order valence-electron chi connectivity index (χ4n) is 3.25. The molecule has 0 bridgehead atoms. The summed E-state index contributed by atoms with van der Waals surface area (Å²) in [6.45, 7) is 3.83. The molecule has 3 aromatic rings. The van der Waals surface area contributed by atoms with Crippen LogP contribution in [0.15, 0.2) is 24.3 Å². The molecule has 7 heteroatoms. The normalized spacial score (nSPS) is 13.5. The molecule has 0 saturated carbocycles. The molecule has 2 aromatic heterocycles. The molecule has 1 amide bonds. The molecule has 0 aliphatic carbocycles. The van der Waals surface area contributed by atoms with Gasteiger partial charge in [0.25, 0.3) is 5.91 Å². The van der Waals surface area contributed by atoms with E-state index in [0.717, 1.165) is 35.1 Å². The number of halogens is 1. The monoisotopic (exact) mass is 342 g/mol. The minimum absolute atomic E-state index is 0.228. The lowest BCUT2D eigenvalue weighted by molar-refractivity contribution is 0.0948. The van der Waals surface area contributed by atoms with E-state index >= 15 is 0 Å². The van der Waals surface area contributed by atoms with Crippen LogP contribution >= 0.6 is 0 Å². The van der Waals surface area contributed by atoms with Crippen LogP contribution in [0.4, 0.5) is 4.39 Å². The summed E-state index contributed by atoms with van der Waals surface area (Å²) < 4.78 is 20.7. The van der Waals surface area contributed by atoms with Gasteiger partial charge >= 0.3 is 0 Å². The number of aryl methyl sites for hydroxylation is 2.